The summed E-state index contributed by atoms with van der Waals surface area (Å²) in [4.78, 5) is 8.41. The van der Waals surface area contributed by atoms with Gasteiger partial charge in [0.25, 0.3) is 0 Å². The molecule has 96 valence electrons. The minimum absolute atomic E-state index is 0.284. The van der Waals surface area contributed by atoms with Gasteiger partial charge in [0, 0.05) is 24.7 Å². The Morgan fingerprint density at radius 3 is 2.72 bits per heavy atom. The van der Waals surface area contributed by atoms with Gasteiger partial charge in [-0.25, -0.2) is 4.98 Å². The molecule has 0 aliphatic heterocycles. The minimum atomic E-state index is 0.284. The van der Waals surface area contributed by atoms with Gasteiger partial charge in [-0.15, -0.1) is 16.7 Å². The number of nitrogens with zero attached hydrogens (tertiary/aromatic N) is 4. The van der Waals surface area contributed by atoms with Crippen molar-refractivity contribution in [2.75, 3.05) is 0 Å². The van der Waals surface area contributed by atoms with Gasteiger partial charge in [-0.05, 0) is 17.5 Å². The van der Waals surface area contributed by atoms with Crippen molar-refractivity contribution in [2.24, 2.45) is 7.05 Å². The molecule has 6 heteroatoms. The molecule has 0 fully saturated rings. The van der Waals surface area contributed by atoms with Gasteiger partial charge in [-0.2, -0.15) is 4.98 Å². The van der Waals surface area contributed by atoms with Crippen LogP contribution in [-0.4, -0.2) is 19.7 Å². The van der Waals surface area contributed by atoms with E-state index in [1.54, 1.807) is 24.1 Å². The van der Waals surface area contributed by atoms with Crippen molar-refractivity contribution in [1.29, 1.82) is 0 Å². The molecule has 0 N–H and O–H groups in total. The van der Waals surface area contributed by atoms with Gasteiger partial charge >= 0.3 is 6.01 Å². The Kier molecular flexibility index (Phi) is 3.81. The number of pyridine rings is 1. The minimum Gasteiger partial charge on any atom is -0.404 e. The van der Waals surface area contributed by atoms with E-state index in [4.69, 9.17) is 16.3 Å². The molecule has 0 aliphatic rings. The number of ether oxygens (including phenoxy) is 1. The van der Waals surface area contributed by atoms with Crippen LogP contribution in [0.15, 0.2) is 18.5 Å². The van der Waals surface area contributed by atoms with E-state index in [1.807, 2.05) is 6.07 Å². The fourth-order valence-corrected chi connectivity index (χ4v) is 1.62. The molecule has 2 aromatic rings. The van der Waals surface area contributed by atoms with Crippen LogP contribution in [0, 0.1) is 0 Å². The second-order valence-corrected chi connectivity index (χ2v) is 4.60. The van der Waals surface area contributed by atoms with Crippen LogP contribution in [0.1, 0.15) is 31.0 Å². The third-order valence-corrected chi connectivity index (χ3v) is 2.71. The molecule has 2 rings (SSSR count). The second kappa shape index (κ2) is 5.35. The Labute approximate surface area is 111 Å². The SMILES string of the molecule is CC(C)c1cc(CCl)cc(Oc2ncn(C)n2)n1. The zero-order valence-electron chi connectivity index (χ0n) is 10.6. The first-order chi connectivity index (χ1) is 8.58. The number of halogens is 1. The summed E-state index contributed by atoms with van der Waals surface area (Å²) in [6, 6.07) is 4.07. The summed E-state index contributed by atoms with van der Waals surface area (Å²) in [7, 11) is 1.78. The third-order valence-electron chi connectivity index (χ3n) is 2.40. The van der Waals surface area contributed by atoms with E-state index in [9.17, 15) is 0 Å². The van der Waals surface area contributed by atoms with E-state index < -0.39 is 0 Å². The normalized spacial score (nSPS) is 10.9. The average molecular weight is 267 g/mol. The van der Waals surface area contributed by atoms with Crippen LogP contribution in [0.3, 0.4) is 0 Å². The molecule has 0 bridgehead atoms. The maximum absolute atomic E-state index is 5.86. The standard InChI is InChI=1S/C12H15ClN4O/c1-8(2)10-4-9(6-13)5-11(15-10)18-12-14-7-17(3)16-12/h4-5,7-8H,6H2,1-3H3. The van der Waals surface area contributed by atoms with Gasteiger partial charge < -0.3 is 4.74 Å². The maximum Gasteiger partial charge on any atom is 0.342 e. The lowest BCUT2D eigenvalue weighted by molar-refractivity contribution is 0.419. The molecule has 2 heterocycles. The van der Waals surface area contributed by atoms with Crippen molar-refractivity contribution in [3.63, 3.8) is 0 Å². The topological polar surface area (TPSA) is 52.8 Å². The lowest BCUT2D eigenvalue weighted by Gasteiger charge is -2.09. The van der Waals surface area contributed by atoms with Crippen molar-refractivity contribution in [1.82, 2.24) is 19.7 Å². The first-order valence-electron chi connectivity index (χ1n) is 5.69. The first kappa shape index (κ1) is 12.8. The molecule has 0 saturated carbocycles. The van der Waals surface area contributed by atoms with Crippen molar-refractivity contribution in [2.45, 2.75) is 25.6 Å². The highest BCUT2D eigenvalue weighted by Crippen LogP contribution is 2.22. The molecular weight excluding hydrogens is 252 g/mol. The number of rotatable bonds is 4. The highest BCUT2D eigenvalue weighted by atomic mass is 35.5. The van der Waals surface area contributed by atoms with Crippen LogP contribution in [0.5, 0.6) is 11.9 Å². The summed E-state index contributed by atoms with van der Waals surface area (Å²) < 4.78 is 7.09. The molecular formula is C12H15ClN4O. The van der Waals surface area contributed by atoms with E-state index >= 15 is 0 Å². The van der Waals surface area contributed by atoms with Gasteiger partial charge in [0.2, 0.25) is 5.88 Å². The summed E-state index contributed by atoms with van der Waals surface area (Å²) in [5.41, 5.74) is 1.92. The van der Waals surface area contributed by atoms with Crippen LogP contribution in [0.25, 0.3) is 0 Å². The summed E-state index contributed by atoms with van der Waals surface area (Å²) in [5.74, 6) is 1.21. The molecule has 0 spiro atoms. The zero-order chi connectivity index (χ0) is 13.1. The van der Waals surface area contributed by atoms with Crippen molar-refractivity contribution >= 4 is 11.6 Å². The summed E-state index contributed by atoms with van der Waals surface area (Å²) in [6.45, 7) is 4.15. The predicted octanol–water partition coefficient (Wildman–Crippen LogP) is 2.86. The molecule has 0 amide bonds. The first-order valence-corrected chi connectivity index (χ1v) is 6.22. The highest BCUT2D eigenvalue weighted by molar-refractivity contribution is 6.17. The zero-order valence-corrected chi connectivity index (χ0v) is 11.3. The number of alkyl halides is 1. The van der Waals surface area contributed by atoms with Crippen molar-refractivity contribution < 1.29 is 4.74 Å². The number of hydrogen-bond donors (Lipinski definition) is 0. The predicted molar refractivity (Wildman–Crippen MR) is 69.0 cm³/mol. The number of hydrogen-bond acceptors (Lipinski definition) is 4. The van der Waals surface area contributed by atoms with Crippen LogP contribution in [-0.2, 0) is 12.9 Å². The Balaban J connectivity index is 2.29. The summed E-state index contributed by atoms with van der Waals surface area (Å²) in [5, 5.41) is 4.05. The lowest BCUT2D eigenvalue weighted by atomic mass is 10.1. The summed E-state index contributed by atoms with van der Waals surface area (Å²) >= 11 is 5.86. The molecule has 0 radical (unpaired) electrons. The van der Waals surface area contributed by atoms with Gasteiger partial charge in [0.1, 0.15) is 6.33 Å². The summed E-state index contributed by atoms with van der Waals surface area (Å²) in [6.07, 6.45) is 1.57. The van der Waals surface area contributed by atoms with Gasteiger partial charge in [-0.1, -0.05) is 13.8 Å². The Bertz CT molecular complexity index is 539. The van der Waals surface area contributed by atoms with E-state index in [0.29, 0.717) is 17.7 Å². The largest absolute Gasteiger partial charge is 0.404 e. The van der Waals surface area contributed by atoms with Crippen LogP contribution >= 0.6 is 11.6 Å². The molecule has 0 saturated heterocycles. The maximum atomic E-state index is 5.86. The Morgan fingerprint density at radius 1 is 1.39 bits per heavy atom. The second-order valence-electron chi connectivity index (χ2n) is 4.33. The fourth-order valence-electron chi connectivity index (χ4n) is 1.47. The van der Waals surface area contributed by atoms with E-state index in [2.05, 4.69) is 28.9 Å². The average Bonchev–Trinajstić information content (AvgIpc) is 2.74. The lowest BCUT2D eigenvalue weighted by Crippen LogP contribution is -1.99. The highest BCUT2D eigenvalue weighted by Gasteiger charge is 2.09. The number of aryl methyl sites for hydroxylation is 1. The Hall–Kier alpha value is -1.62. The number of aromatic nitrogens is 4. The molecule has 0 unspecified atom stereocenters. The van der Waals surface area contributed by atoms with Gasteiger partial charge in [0.15, 0.2) is 0 Å². The van der Waals surface area contributed by atoms with Crippen LogP contribution in [0.4, 0.5) is 0 Å². The third kappa shape index (κ3) is 2.98. The van der Waals surface area contributed by atoms with Crippen molar-refractivity contribution in [3.05, 3.63) is 29.7 Å². The quantitative estimate of drug-likeness (QED) is 0.799. The van der Waals surface area contributed by atoms with Gasteiger partial charge in [0.05, 0.1) is 0 Å². The molecule has 2 aromatic heterocycles. The van der Waals surface area contributed by atoms with E-state index in [0.717, 1.165) is 11.3 Å². The van der Waals surface area contributed by atoms with E-state index in [1.165, 1.54) is 0 Å². The van der Waals surface area contributed by atoms with Crippen molar-refractivity contribution in [3.8, 4) is 11.9 Å². The van der Waals surface area contributed by atoms with Gasteiger partial charge in [-0.3, -0.25) is 4.68 Å². The van der Waals surface area contributed by atoms with Crippen LogP contribution in [0.2, 0.25) is 0 Å². The smallest absolute Gasteiger partial charge is 0.342 e. The molecule has 0 atom stereocenters. The molecule has 0 aliphatic carbocycles. The fraction of sp³-hybridized carbons (Fsp3) is 0.417. The van der Waals surface area contributed by atoms with E-state index in [-0.39, 0.29) is 6.01 Å². The Morgan fingerprint density at radius 2 is 2.17 bits per heavy atom. The molecule has 0 aromatic carbocycles. The molecule has 18 heavy (non-hydrogen) atoms. The molecule has 5 nitrogen and oxygen atoms in total. The van der Waals surface area contributed by atoms with Crippen LogP contribution < -0.4 is 4.74 Å². The monoisotopic (exact) mass is 266 g/mol.